The molecule has 0 bridgehead atoms. The van der Waals surface area contributed by atoms with E-state index in [1.54, 1.807) is 31.4 Å². The van der Waals surface area contributed by atoms with Crippen LogP contribution in [0.3, 0.4) is 0 Å². The Morgan fingerprint density at radius 2 is 1.81 bits per heavy atom. The molecular weight excluding hydrogens is 476 g/mol. The molecule has 1 atom stereocenters. The van der Waals surface area contributed by atoms with Gasteiger partial charge < -0.3 is 33.6 Å². The number of amides is 1. The van der Waals surface area contributed by atoms with Gasteiger partial charge in [0.05, 0.1) is 39.2 Å². The number of Topliss-reactive ketones (excluding diaryl/α,β-unsaturated/α-hetero) is 1. The maximum Gasteiger partial charge on any atom is 0.290 e. The number of aliphatic hydroxyl groups is 1. The molecule has 37 heavy (non-hydrogen) atoms. The SMILES string of the molecule is COc1ccc(OC)c(C2C(C(=O)c3ccco3)=C(O)C(=O)N2CCc2c[nH]c3ccc(OC)cc23)c1. The van der Waals surface area contributed by atoms with E-state index in [1.165, 1.54) is 31.4 Å². The minimum atomic E-state index is -0.921. The lowest BCUT2D eigenvalue weighted by Gasteiger charge is -2.28. The predicted molar refractivity (Wildman–Crippen MR) is 135 cm³/mol. The largest absolute Gasteiger partial charge is 0.503 e. The number of hydrogen-bond donors (Lipinski definition) is 2. The number of furan rings is 1. The van der Waals surface area contributed by atoms with Gasteiger partial charge >= 0.3 is 0 Å². The number of nitrogens with zero attached hydrogens (tertiary/aromatic N) is 1. The van der Waals surface area contributed by atoms with Gasteiger partial charge in [-0.2, -0.15) is 0 Å². The van der Waals surface area contributed by atoms with Crippen LogP contribution in [0.15, 0.2) is 76.7 Å². The Bertz CT molecular complexity index is 1500. The number of aliphatic hydroxyl groups excluding tert-OH is 1. The van der Waals surface area contributed by atoms with Crippen molar-refractivity contribution in [3.05, 3.63) is 89.2 Å². The number of methoxy groups -OCH3 is 3. The minimum absolute atomic E-state index is 0.0202. The van der Waals surface area contributed by atoms with Gasteiger partial charge in [0.25, 0.3) is 5.91 Å². The number of rotatable bonds is 9. The summed E-state index contributed by atoms with van der Waals surface area (Å²) < 4.78 is 21.6. The van der Waals surface area contributed by atoms with E-state index in [4.69, 9.17) is 18.6 Å². The van der Waals surface area contributed by atoms with Crippen molar-refractivity contribution in [1.29, 1.82) is 0 Å². The summed E-state index contributed by atoms with van der Waals surface area (Å²) in [5.41, 5.74) is 2.33. The van der Waals surface area contributed by atoms with Gasteiger partial charge in [0.15, 0.2) is 11.5 Å². The quantitative estimate of drug-likeness (QED) is 0.321. The van der Waals surface area contributed by atoms with Crippen molar-refractivity contribution in [2.24, 2.45) is 0 Å². The second kappa shape index (κ2) is 9.77. The number of hydrogen-bond acceptors (Lipinski definition) is 7. The smallest absolute Gasteiger partial charge is 0.290 e. The van der Waals surface area contributed by atoms with E-state index < -0.39 is 23.5 Å². The molecule has 2 aromatic carbocycles. The van der Waals surface area contributed by atoms with Crippen LogP contribution >= 0.6 is 0 Å². The Labute approximate surface area is 212 Å². The molecule has 0 spiro atoms. The first-order chi connectivity index (χ1) is 18.0. The molecule has 0 radical (unpaired) electrons. The van der Waals surface area contributed by atoms with Crippen LogP contribution in [0.25, 0.3) is 10.9 Å². The maximum absolute atomic E-state index is 13.4. The summed E-state index contributed by atoms with van der Waals surface area (Å²) in [6.45, 7) is 0.215. The van der Waals surface area contributed by atoms with Crippen molar-refractivity contribution in [2.45, 2.75) is 12.5 Å². The standard InChI is InChI=1S/C28H26N2O7/c1-34-17-6-8-21-19(13-17)16(15-29-21)10-11-30-25(20-14-18(35-2)7-9-22(20)36-3)24(27(32)28(30)33)26(31)23-5-4-12-37-23/h4-9,12-15,25,29,32H,10-11H2,1-3H3. The fourth-order valence-corrected chi connectivity index (χ4v) is 4.77. The van der Waals surface area contributed by atoms with Crippen LogP contribution in [0.5, 0.6) is 17.2 Å². The summed E-state index contributed by atoms with van der Waals surface area (Å²) in [5, 5.41) is 11.9. The normalized spacial score (nSPS) is 15.5. The van der Waals surface area contributed by atoms with E-state index in [9.17, 15) is 14.7 Å². The van der Waals surface area contributed by atoms with Gasteiger partial charge in [-0.05, 0) is 60.5 Å². The third-order valence-electron chi connectivity index (χ3n) is 6.62. The number of aromatic amines is 1. The first-order valence-electron chi connectivity index (χ1n) is 11.6. The van der Waals surface area contributed by atoms with Crippen molar-refractivity contribution in [3.63, 3.8) is 0 Å². The highest BCUT2D eigenvalue weighted by atomic mass is 16.5. The highest BCUT2D eigenvalue weighted by molar-refractivity contribution is 6.15. The van der Waals surface area contributed by atoms with E-state index in [-0.39, 0.29) is 17.9 Å². The Morgan fingerprint density at radius 3 is 2.51 bits per heavy atom. The van der Waals surface area contributed by atoms with Crippen LogP contribution in [0.1, 0.15) is 27.7 Å². The van der Waals surface area contributed by atoms with Crippen LogP contribution in [0.2, 0.25) is 0 Å². The summed E-state index contributed by atoms with van der Waals surface area (Å²) in [4.78, 5) is 31.5. The molecule has 0 saturated heterocycles. The van der Waals surface area contributed by atoms with Gasteiger partial charge in [0, 0.05) is 29.2 Å². The number of benzene rings is 2. The summed E-state index contributed by atoms with van der Waals surface area (Å²) in [6.07, 6.45) is 3.71. The van der Waals surface area contributed by atoms with Gasteiger partial charge in [0.2, 0.25) is 5.78 Å². The zero-order chi connectivity index (χ0) is 26.1. The summed E-state index contributed by atoms with van der Waals surface area (Å²) in [7, 11) is 4.63. The van der Waals surface area contributed by atoms with Crippen LogP contribution in [0.4, 0.5) is 0 Å². The van der Waals surface area contributed by atoms with Gasteiger partial charge in [-0.1, -0.05) is 0 Å². The number of fused-ring (bicyclic) bond motifs is 1. The Hall–Kier alpha value is -4.66. The molecule has 0 fully saturated rings. The molecule has 1 unspecified atom stereocenters. The molecule has 1 aliphatic heterocycles. The number of ether oxygens (including phenoxy) is 3. The molecular formula is C28H26N2O7. The number of carbonyl (C=O) groups excluding carboxylic acids is 2. The molecule has 1 amide bonds. The van der Waals surface area contributed by atoms with Crippen molar-refractivity contribution in [3.8, 4) is 17.2 Å². The average molecular weight is 503 g/mol. The zero-order valence-corrected chi connectivity index (χ0v) is 20.6. The monoisotopic (exact) mass is 502 g/mol. The Morgan fingerprint density at radius 1 is 1.05 bits per heavy atom. The Balaban J connectivity index is 1.57. The van der Waals surface area contributed by atoms with E-state index in [1.807, 2.05) is 24.4 Å². The van der Waals surface area contributed by atoms with E-state index in [2.05, 4.69) is 4.98 Å². The molecule has 190 valence electrons. The van der Waals surface area contributed by atoms with Gasteiger partial charge in [0.1, 0.15) is 17.2 Å². The molecule has 9 nitrogen and oxygen atoms in total. The number of carbonyl (C=O) groups is 2. The third kappa shape index (κ3) is 4.18. The minimum Gasteiger partial charge on any atom is -0.503 e. The highest BCUT2D eigenvalue weighted by Gasteiger charge is 2.45. The third-order valence-corrected chi connectivity index (χ3v) is 6.62. The predicted octanol–water partition coefficient (Wildman–Crippen LogP) is 4.61. The lowest BCUT2D eigenvalue weighted by atomic mass is 9.94. The van der Waals surface area contributed by atoms with Gasteiger partial charge in [-0.15, -0.1) is 0 Å². The average Bonchev–Trinajstić information content (AvgIpc) is 3.66. The molecule has 4 aromatic rings. The zero-order valence-electron chi connectivity index (χ0n) is 20.6. The summed E-state index contributed by atoms with van der Waals surface area (Å²) in [6, 6.07) is 13.0. The molecule has 2 aromatic heterocycles. The first kappa shape index (κ1) is 24.1. The second-order valence-electron chi connectivity index (χ2n) is 8.55. The van der Waals surface area contributed by atoms with E-state index in [0.29, 0.717) is 23.5 Å². The number of aromatic nitrogens is 1. The van der Waals surface area contributed by atoms with E-state index in [0.717, 1.165) is 22.2 Å². The fourth-order valence-electron chi connectivity index (χ4n) is 4.77. The van der Waals surface area contributed by atoms with E-state index >= 15 is 0 Å². The van der Waals surface area contributed by atoms with Crippen LogP contribution < -0.4 is 14.2 Å². The van der Waals surface area contributed by atoms with Crippen molar-refractivity contribution in [1.82, 2.24) is 9.88 Å². The number of H-pyrrole nitrogens is 1. The van der Waals surface area contributed by atoms with Crippen molar-refractivity contribution in [2.75, 3.05) is 27.9 Å². The van der Waals surface area contributed by atoms with Crippen LogP contribution in [0, 0.1) is 0 Å². The fraction of sp³-hybridized carbons (Fsp3) is 0.214. The lowest BCUT2D eigenvalue weighted by molar-refractivity contribution is -0.129. The van der Waals surface area contributed by atoms with Crippen LogP contribution in [-0.4, -0.2) is 54.6 Å². The van der Waals surface area contributed by atoms with Crippen molar-refractivity contribution >= 4 is 22.6 Å². The Kier molecular flexibility index (Phi) is 6.35. The molecule has 9 heteroatoms. The van der Waals surface area contributed by atoms with Gasteiger partial charge in [-0.25, -0.2) is 0 Å². The molecule has 0 aliphatic carbocycles. The lowest BCUT2D eigenvalue weighted by Crippen LogP contribution is -2.33. The molecule has 3 heterocycles. The van der Waals surface area contributed by atoms with Gasteiger partial charge in [-0.3, -0.25) is 9.59 Å². The second-order valence-corrected chi connectivity index (χ2v) is 8.55. The highest BCUT2D eigenvalue weighted by Crippen LogP contribution is 2.43. The maximum atomic E-state index is 13.4. The number of ketones is 1. The topological polar surface area (TPSA) is 114 Å². The first-order valence-corrected chi connectivity index (χ1v) is 11.6. The number of nitrogens with one attached hydrogen (secondary N) is 1. The van der Waals surface area contributed by atoms with Crippen molar-refractivity contribution < 1.29 is 33.3 Å². The summed E-state index contributed by atoms with van der Waals surface area (Å²) >= 11 is 0. The molecule has 0 saturated carbocycles. The molecule has 5 rings (SSSR count). The summed E-state index contributed by atoms with van der Waals surface area (Å²) in [5.74, 6) is -0.144. The molecule has 1 aliphatic rings. The van der Waals surface area contributed by atoms with Crippen LogP contribution in [-0.2, 0) is 11.2 Å². The molecule has 2 N–H and O–H groups in total.